The molecule has 0 aliphatic carbocycles. The summed E-state index contributed by atoms with van der Waals surface area (Å²) >= 11 is 12.7. The molecule has 2 aromatic rings. The van der Waals surface area contributed by atoms with E-state index in [1.165, 1.54) is 25.9 Å². The van der Waals surface area contributed by atoms with Gasteiger partial charge in [0.25, 0.3) is 0 Å². The van der Waals surface area contributed by atoms with Gasteiger partial charge in [0.15, 0.2) is 11.5 Å². The number of methoxy groups -OCH3 is 1. The molecule has 3 heterocycles. The second kappa shape index (κ2) is 8.91. The number of fused-ring (bicyclic) bond motifs is 3. The molecule has 4 nitrogen and oxygen atoms in total. The normalized spacial score (nSPS) is 23.6. The van der Waals surface area contributed by atoms with E-state index in [0.717, 1.165) is 30.1 Å². The molecule has 2 bridgehead atoms. The largest absolute Gasteiger partial charge is 0.493 e. The summed E-state index contributed by atoms with van der Waals surface area (Å²) < 4.78 is 11.5. The van der Waals surface area contributed by atoms with Gasteiger partial charge in [0.1, 0.15) is 6.61 Å². The Bertz CT molecular complexity index is 822. The van der Waals surface area contributed by atoms with Crippen molar-refractivity contribution in [2.45, 2.75) is 32.0 Å². The molecule has 0 amide bonds. The monoisotopic (exact) mass is 420 g/mol. The van der Waals surface area contributed by atoms with Crippen LogP contribution in [0.5, 0.6) is 11.5 Å². The molecule has 150 valence electrons. The highest BCUT2D eigenvalue weighted by atomic mass is 35.5. The first-order valence-electron chi connectivity index (χ1n) is 9.82. The Morgan fingerprint density at radius 2 is 1.89 bits per heavy atom. The minimum Gasteiger partial charge on any atom is -0.493 e. The summed E-state index contributed by atoms with van der Waals surface area (Å²) in [5.74, 6) is 1.99. The first-order chi connectivity index (χ1) is 13.6. The Kier molecular flexibility index (Phi) is 6.32. The predicted molar refractivity (Wildman–Crippen MR) is 114 cm³/mol. The third-order valence-corrected chi connectivity index (χ3v) is 6.49. The zero-order valence-electron chi connectivity index (χ0n) is 16.1. The molecule has 0 unspecified atom stereocenters. The lowest BCUT2D eigenvalue weighted by Gasteiger charge is -2.45. The fourth-order valence-electron chi connectivity index (χ4n) is 4.23. The Hall–Kier alpha value is -1.46. The van der Waals surface area contributed by atoms with Gasteiger partial charge in [-0.1, -0.05) is 41.4 Å². The van der Waals surface area contributed by atoms with Gasteiger partial charge in [-0.25, -0.2) is 0 Å². The maximum Gasteiger partial charge on any atom is 0.180 e. The van der Waals surface area contributed by atoms with Crippen molar-refractivity contribution in [1.29, 1.82) is 0 Å². The fourth-order valence-corrected chi connectivity index (χ4v) is 4.70. The van der Waals surface area contributed by atoms with E-state index in [4.69, 9.17) is 32.7 Å². The highest BCUT2D eigenvalue weighted by Crippen LogP contribution is 2.37. The van der Waals surface area contributed by atoms with Crippen molar-refractivity contribution in [3.63, 3.8) is 0 Å². The highest BCUT2D eigenvalue weighted by molar-refractivity contribution is 6.32. The second-order valence-corrected chi connectivity index (χ2v) is 8.43. The maximum absolute atomic E-state index is 6.53. The number of benzene rings is 2. The van der Waals surface area contributed by atoms with Gasteiger partial charge in [-0.15, -0.1) is 0 Å². The van der Waals surface area contributed by atoms with Crippen LogP contribution in [0.25, 0.3) is 0 Å². The Balaban J connectivity index is 1.42. The van der Waals surface area contributed by atoms with Crippen LogP contribution in [0, 0.1) is 5.92 Å². The van der Waals surface area contributed by atoms with E-state index >= 15 is 0 Å². The number of piperidine rings is 3. The minimum atomic E-state index is 0.340. The Labute approximate surface area is 176 Å². The van der Waals surface area contributed by atoms with Gasteiger partial charge < -0.3 is 19.7 Å². The maximum atomic E-state index is 6.53. The number of hydrogen-bond acceptors (Lipinski definition) is 4. The van der Waals surface area contributed by atoms with Crippen molar-refractivity contribution in [1.82, 2.24) is 10.2 Å². The van der Waals surface area contributed by atoms with Crippen molar-refractivity contribution >= 4 is 23.2 Å². The van der Waals surface area contributed by atoms with Crippen LogP contribution in [0.15, 0.2) is 36.4 Å². The summed E-state index contributed by atoms with van der Waals surface area (Å²) in [6, 6.07) is 12.1. The smallest absolute Gasteiger partial charge is 0.180 e. The first-order valence-corrected chi connectivity index (χ1v) is 10.6. The zero-order valence-corrected chi connectivity index (χ0v) is 17.6. The van der Waals surface area contributed by atoms with Crippen LogP contribution in [0.4, 0.5) is 0 Å². The Morgan fingerprint density at radius 3 is 2.57 bits per heavy atom. The molecule has 1 N–H and O–H groups in total. The van der Waals surface area contributed by atoms with Crippen molar-refractivity contribution in [2.75, 3.05) is 26.7 Å². The molecule has 3 saturated heterocycles. The van der Waals surface area contributed by atoms with Gasteiger partial charge in [0.2, 0.25) is 0 Å². The molecular weight excluding hydrogens is 395 g/mol. The average molecular weight is 421 g/mol. The lowest BCUT2D eigenvalue weighted by atomic mass is 9.84. The fraction of sp³-hybridized carbons (Fsp3) is 0.455. The van der Waals surface area contributed by atoms with Gasteiger partial charge in [-0.05, 0) is 55.6 Å². The summed E-state index contributed by atoms with van der Waals surface area (Å²) in [5.41, 5.74) is 2.01. The molecule has 5 rings (SSSR count). The van der Waals surface area contributed by atoms with E-state index < -0.39 is 0 Å². The second-order valence-electron chi connectivity index (χ2n) is 7.61. The van der Waals surface area contributed by atoms with Gasteiger partial charge in [0, 0.05) is 29.7 Å². The minimum absolute atomic E-state index is 0.340. The van der Waals surface area contributed by atoms with Crippen molar-refractivity contribution in [2.24, 2.45) is 5.92 Å². The van der Waals surface area contributed by atoms with Crippen LogP contribution in [0.2, 0.25) is 10.0 Å². The van der Waals surface area contributed by atoms with E-state index in [0.29, 0.717) is 34.2 Å². The molecule has 3 aliphatic rings. The molecule has 28 heavy (non-hydrogen) atoms. The molecule has 3 aliphatic heterocycles. The van der Waals surface area contributed by atoms with Crippen LogP contribution < -0.4 is 14.8 Å². The summed E-state index contributed by atoms with van der Waals surface area (Å²) in [7, 11) is 1.64. The van der Waals surface area contributed by atoms with E-state index in [1.807, 2.05) is 36.4 Å². The van der Waals surface area contributed by atoms with Crippen molar-refractivity contribution < 1.29 is 9.47 Å². The van der Waals surface area contributed by atoms with Crippen LogP contribution in [-0.2, 0) is 13.2 Å². The molecule has 6 heteroatoms. The third kappa shape index (κ3) is 4.41. The lowest BCUT2D eigenvalue weighted by Crippen LogP contribution is -2.55. The lowest BCUT2D eigenvalue weighted by molar-refractivity contribution is 0.0720. The summed E-state index contributed by atoms with van der Waals surface area (Å²) in [5, 5.41) is 4.95. The third-order valence-electron chi connectivity index (χ3n) is 5.84. The van der Waals surface area contributed by atoms with Crippen molar-refractivity contribution in [3.8, 4) is 11.5 Å². The molecule has 0 spiro atoms. The van der Waals surface area contributed by atoms with Crippen LogP contribution >= 0.6 is 23.2 Å². The quantitative estimate of drug-likeness (QED) is 0.699. The van der Waals surface area contributed by atoms with Gasteiger partial charge in [0.05, 0.1) is 12.1 Å². The van der Waals surface area contributed by atoms with Crippen LogP contribution in [0.1, 0.15) is 24.0 Å². The molecule has 1 atom stereocenters. The summed E-state index contributed by atoms with van der Waals surface area (Å²) in [4.78, 5) is 2.55. The molecule has 0 saturated carbocycles. The van der Waals surface area contributed by atoms with Crippen molar-refractivity contribution in [3.05, 3.63) is 57.6 Å². The van der Waals surface area contributed by atoms with E-state index in [9.17, 15) is 0 Å². The molecular formula is C22H26Cl2N2O2. The van der Waals surface area contributed by atoms with Gasteiger partial charge in [-0.3, -0.25) is 0 Å². The average Bonchev–Trinajstić information content (AvgIpc) is 2.73. The van der Waals surface area contributed by atoms with Crippen LogP contribution in [-0.4, -0.2) is 37.7 Å². The number of rotatable bonds is 7. The number of ether oxygens (including phenoxy) is 2. The molecule has 2 aromatic carbocycles. The standard InChI is InChI=1S/C22H26Cl2N2O2/c1-27-21-11-15(12-25-20-13-26-8-6-16(20)7-9-26)10-19(24)22(21)28-14-17-4-2-3-5-18(17)23/h2-5,10-11,16,20,25H,6-9,12-14H2,1H3/t20-/m0/s1. The van der Waals surface area contributed by atoms with Gasteiger partial charge in [-0.2, -0.15) is 0 Å². The topological polar surface area (TPSA) is 33.7 Å². The molecule has 0 aromatic heterocycles. The van der Waals surface area contributed by atoms with Crippen LogP contribution in [0.3, 0.4) is 0 Å². The zero-order chi connectivity index (χ0) is 19.5. The first kappa shape index (κ1) is 19.8. The summed E-state index contributed by atoms with van der Waals surface area (Å²) in [6.07, 6.45) is 2.60. The Morgan fingerprint density at radius 1 is 1.11 bits per heavy atom. The summed E-state index contributed by atoms with van der Waals surface area (Å²) in [6.45, 7) is 4.76. The van der Waals surface area contributed by atoms with Gasteiger partial charge >= 0.3 is 0 Å². The van der Waals surface area contributed by atoms with E-state index in [-0.39, 0.29) is 0 Å². The number of halogens is 2. The number of nitrogens with zero attached hydrogens (tertiary/aromatic N) is 1. The molecule has 3 fully saturated rings. The highest BCUT2D eigenvalue weighted by Gasteiger charge is 2.33. The number of hydrogen-bond donors (Lipinski definition) is 1. The predicted octanol–water partition coefficient (Wildman–Crippen LogP) is 4.76. The molecule has 0 radical (unpaired) electrons. The number of nitrogens with one attached hydrogen (secondary N) is 1. The van der Waals surface area contributed by atoms with E-state index in [2.05, 4.69) is 10.2 Å². The SMILES string of the molecule is COc1cc(CN[C@H]2CN3CCC2CC3)cc(Cl)c1OCc1ccccc1Cl. The van der Waals surface area contributed by atoms with E-state index in [1.54, 1.807) is 7.11 Å².